The zero-order valence-corrected chi connectivity index (χ0v) is 19.4. The Morgan fingerprint density at radius 2 is 1.85 bits per heavy atom. The number of hydrogen-bond acceptors (Lipinski definition) is 7. The zero-order valence-electron chi connectivity index (χ0n) is 19.4. The Morgan fingerprint density at radius 1 is 1.12 bits per heavy atom. The average Bonchev–Trinajstić information content (AvgIpc) is 3.15. The second kappa shape index (κ2) is 10.4. The highest BCUT2D eigenvalue weighted by atomic mass is 16.5. The molecular weight excluding hydrogens is 420 g/mol. The molecule has 1 aliphatic heterocycles. The third kappa shape index (κ3) is 5.48. The van der Waals surface area contributed by atoms with Crippen LogP contribution >= 0.6 is 0 Å². The van der Waals surface area contributed by atoms with Gasteiger partial charge >= 0.3 is 0 Å². The van der Waals surface area contributed by atoms with Crippen LogP contribution < -0.4 is 15.0 Å². The molecule has 1 aromatic carbocycles. The molecular formula is C24H30N6O3. The van der Waals surface area contributed by atoms with Gasteiger partial charge in [-0.05, 0) is 43.5 Å². The fourth-order valence-corrected chi connectivity index (χ4v) is 3.95. The van der Waals surface area contributed by atoms with E-state index in [1.54, 1.807) is 13.4 Å². The summed E-state index contributed by atoms with van der Waals surface area (Å²) in [5.41, 5.74) is 3.99. The molecule has 4 rings (SSSR count). The van der Waals surface area contributed by atoms with Gasteiger partial charge in [-0.1, -0.05) is 12.1 Å². The van der Waals surface area contributed by atoms with Crippen LogP contribution in [0.15, 0.2) is 36.7 Å². The van der Waals surface area contributed by atoms with Gasteiger partial charge in [-0.25, -0.2) is 14.6 Å². The van der Waals surface area contributed by atoms with E-state index in [4.69, 9.17) is 14.6 Å². The Balaban J connectivity index is 1.38. The van der Waals surface area contributed by atoms with Crippen LogP contribution in [0.2, 0.25) is 0 Å². The largest absolute Gasteiger partial charge is 0.497 e. The number of rotatable bonds is 8. The summed E-state index contributed by atoms with van der Waals surface area (Å²) in [6.07, 6.45) is 2.59. The quantitative estimate of drug-likeness (QED) is 0.563. The molecule has 0 spiro atoms. The van der Waals surface area contributed by atoms with Crippen molar-refractivity contribution in [3.8, 4) is 11.6 Å². The molecule has 0 atom stereocenters. The van der Waals surface area contributed by atoms with Crippen LogP contribution in [-0.2, 0) is 22.5 Å². The van der Waals surface area contributed by atoms with E-state index in [1.165, 1.54) is 0 Å². The van der Waals surface area contributed by atoms with E-state index in [0.717, 1.165) is 53.0 Å². The number of nitrogens with zero attached hydrogens (tertiary/aromatic N) is 5. The van der Waals surface area contributed by atoms with Crippen molar-refractivity contribution in [3.63, 3.8) is 0 Å². The fourth-order valence-electron chi connectivity index (χ4n) is 3.95. The molecule has 3 heterocycles. The van der Waals surface area contributed by atoms with Gasteiger partial charge in [0.1, 0.15) is 17.9 Å². The van der Waals surface area contributed by atoms with Crippen LogP contribution in [0.25, 0.3) is 5.82 Å². The molecule has 2 aromatic heterocycles. The molecule has 1 saturated heterocycles. The van der Waals surface area contributed by atoms with Crippen molar-refractivity contribution < 1.29 is 14.3 Å². The minimum Gasteiger partial charge on any atom is -0.497 e. The second-order valence-corrected chi connectivity index (χ2v) is 8.02. The number of carbonyl (C=O) groups is 1. The van der Waals surface area contributed by atoms with Crippen molar-refractivity contribution in [1.29, 1.82) is 0 Å². The van der Waals surface area contributed by atoms with E-state index in [-0.39, 0.29) is 5.91 Å². The van der Waals surface area contributed by atoms with Crippen LogP contribution in [0.5, 0.6) is 5.75 Å². The molecule has 1 amide bonds. The van der Waals surface area contributed by atoms with Gasteiger partial charge in [0.25, 0.3) is 0 Å². The van der Waals surface area contributed by atoms with Gasteiger partial charge in [0.15, 0.2) is 5.82 Å². The highest BCUT2D eigenvalue weighted by molar-refractivity contribution is 5.76. The molecule has 0 unspecified atom stereocenters. The van der Waals surface area contributed by atoms with E-state index in [2.05, 4.69) is 20.2 Å². The number of methoxy groups -OCH3 is 1. The highest BCUT2D eigenvalue weighted by Crippen LogP contribution is 2.21. The number of hydrogen-bond donors (Lipinski definition) is 1. The standard InChI is InChI=1S/C24H30N6O3/c1-17-21(8-9-24(31)25-15-19-4-6-20(32-3)7-5-19)18(2)30(28-17)23-14-22(26-16-27-23)29-10-12-33-13-11-29/h4-7,14,16H,8-13,15H2,1-3H3,(H,25,31). The Morgan fingerprint density at radius 3 is 2.58 bits per heavy atom. The van der Waals surface area contributed by atoms with E-state index in [9.17, 15) is 4.79 Å². The molecule has 9 heteroatoms. The maximum absolute atomic E-state index is 12.4. The summed E-state index contributed by atoms with van der Waals surface area (Å²) in [5.74, 6) is 2.40. The Bertz CT molecular complexity index is 1090. The number of benzene rings is 1. The van der Waals surface area contributed by atoms with Gasteiger partial charge in [0.2, 0.25) is 5.91 Å². The summed E-state index contributed by atoms with van der Waals surface area (Å²) in [6, 6.07) is 9.63. The third-order valence-electron chi connectivity index (χ3n) is 5.88. The number of aryl methyl sites for hydroxylation is 1. The molecule has 1 fully saturated rings. The van der Waals surface area contributed by atoms with Crippen molar-refractivity contribution in [1.82, 2.24) is 25.1 Å². The lowest BCUT2D eigenvalue weighted by atomic mass is 10.1. The first-order valence-electron chi connectivity index (χ1n) is 11.1. The van der Waals surface area contributed by atoms with Crippen molar-refractivity contribution in [2.24, 2.45) is 0 Å². The number of morpholine rings is 1. The van der Waals surface area contributed by atoms with Crippen molar-refractivity contribution in [3.05, 3.63) is 59.2 Å². The van der Waals surface area contributed by atoms with E-state index >= 15 is 0 Å². The number of anilines is 1. The fraction of sp³-hybridized carbons (Fsp3) is 0.417. The summed E-state index contributed by atoms with van der Waals surface area (Å²) in [4.78, 5) is 23.5. The predicted molar refractivity (Wildman–Crippen MR) is 125 cm³/mol. The zero-order chi connectivity index (χ0) is 23.2. The first-order valence-corrected chi connectivity index (χ1v) is 11.1. The minimum absolute atomic E-state index is 0.00834. The van der Waals surface area contributed by atoms with E-state index in [1.807, 2.05) is 48.9 Å². The average molecular weight is 451 g/mol. The molecule has 33 heavy (non-hydrogen) atoms. The predicted octanol–water partition coefficient (Wildman–Crippen LogP) is 2.37. The molecule has 1 N–H and O–H groups in total. The summed E-state index contributed by atoms with van der Waals surface area (Å²) >= 11 is 0. The van der Waals surface area contributed by atoms with Gasteiger partial charge < -0.3 is 19.7 Å². The highest BCUT2D eigenvalue weighted by Gasteiger charge is 2.17. The summed E-state index contributed by atoms with van der Waals surface area (Å²) in [7, 11) is 1.64. The van der Waals surface area contributed by atoms with Gasteiger partial charge in [-0.3, -0.25) is 4.79 Å². The second-order valence-electron chi connectivity index (χ2n) is 8.02. The SMILES string of the molecule is COc1ccc(CNC(=O)CCc2c(C)nn(-c3cc(N4CCOCC4)ncn3)c2C)cc1. The number of amides is 1. The molecule has 9 nitrogen and oxygen atoms in total. The Hall–Kier alpha value is -3.46. The lowest BCUT2D eigenvalue weighted by Crippen LogP contribution is -2.36. The van der Waals surface area contributed by atoms with Crippen LogP contribution in [0.4, 0.5) is 5.82 Å². The maximum atomic E-state index is 12.4. The third-order valence-corrected chi connectivity index (χ3v) is 5.88. The molecule has 0 bridgehead atoms. The van der Waals surface area contributed by atoms with Crippen LogP contribution in [0, 0.1) is 13.8 Å². The number of ether oxygens (including phenoxy) is 2. The lowest BCUT2D eigenvalue weighted by Gasteiger charge is -2.27. The minimum atomic E-state index is 0.00834. The van der Waals surface area contributed by atoms with Gasteiger partial charge in [0.05, 0.1) is 26.0 Å². The van der Waals surface area contributed by atoms with Crippen molar-refractivity contribution in [2.75, 3.05) is 38.3 Å². The normalized spacial score (nSPS) is 13.7. The van der Waals surface area contributed by atoms with Crippen LogP contribution in [0.1, 0.15) is 28.9 Å². The van der Waals surface area contributed by atoms with E-state index in [0.29, 0.717) is 32.6 Å². The number of aromatic nitrogens is 4. The molecule has 3 aromatic rings. The first-order chi connectivity index (χ1) is 16.0. The topological polar surface area (TPSA) is 94.4 Å². The molecule has 174 valence electrons. The van der Waals surface area contributed by atoms with E-state index < -0.39 is 0 Å². The molecule has 1 aliphatic rings. The first kappa shape index (κ1) is 22.7. The summed E-state index contributed by atoms with van der Waals surface area (Å²) in [6.45, 7) is 7.49. The van der Waals surface area contributed by atoms with Crippen LogP contribution in [0.3, 0.4) is 0 Å². The number of carbonyl (C=O) groups excluding carboxylic acids is 1. The smallest absolute Gasteiger partial charge is 0.220 e. The van der Waals surface area contributed by atoms with Gasteiger partial charge in [0, 0.05) is 37.8 Å². The van der Waals surface area contributed by atoms with Crippen molar-refractivity contribution in [2.45, 2.75) is 33.2 Å². The Kier molecular flexibility index (Phi) is 7.19. The monoisotopic (exact) mass is 450 g/mol. The number of nitrogens with one attached hydrogen (secondary N) is 1. The lowest BCUT2D eigenvalue weighted by molar-refractivity contribution is -0.121. The van der Waals surface area contributed by atoms with Gasteiger partial charge in [-0.15, -0.1) is 0 Å². The van der Waals surface area contributed by atoms with Crippen molar-refractivity contribution >= 4 is 11.7 Å². The molecule has 0 radical (unpaired) electrons. The molecule has 0 saturated carbocycles. The summed E-state index contributed by atoms with van der Waals surface area (Å²) < 4.78 is 12.4. The van der Waals surface area contributed by atoms with Crippen LogP contribution in [-0.4, -0.2) is 59.1 Å². The maximum Gasteiger partial charge on any atom is 0.220 e. The summed E-state index contributed by atoms with van der Waals surface area (Å²) in [5, 5.41) is 7.68. The van der Waals surface area contributed by atoms with Gasteiger partial charge in [-0.2, -0.15) is 5.10 Å². The molecule has 0 aliphatic carbocycles. The Labute approximate surface area is 193 Å².